The van der Waals surface area contributed by atoms with Gasteiger partial charge in [0, 0.05) is 18.6 Å². The van der Waals surface area contributed by atoms with Crippen LogP contribution in [0.4, 0.5) is 0 Å². The van der Waals surface area contributed by atoms with Gasteiger partial charge in [-0.05, 0) is 44.9 Å². The maximum Gasteiger partial charge on any atom is 0.120 e. The van der Waals surface area contributed by atoms with Crippen molar-refractivity contribution in [1.29, 1.82) is 5.26 Å². The standard InChI is InChI=1S/C17H24N2O2/c1-13-5-3-6-14(2)19(13)11-16(20)12-21-17-8-4-7-15(9-17)10-18/h4,7-9,13-14,16,20H,3,5-6,11-12H2,1-2H3. The summed E-state index contributed by atoms with van der Waals surface area (Å²) in [6, 6.07) is 10.1. The SMILES string of the molecule is CC1CCCC(C)N1CC(O)COc1cccc(C#N)c1. The first-order valence-electron chi connectivity index (χ1n) is 7.67. The van der Waals surface area contributed by atoms with Crippen LogP contribution < -0.4 is 4.74 Å². The molecule has 1 fully saturated rings. The largest absolute Gasteiger partial charge is 0.491 e. The highest BCUT2D eigenvalue weighted by molar-refractivity contribution is 5.36. The first kappa shape index (κ1) is 15.8. The number of hydrogen-bond acceptors (Lipinski definition) is 4. The van der Waals surface area contributed by atoms with Gasteiger partial charge in [-0.25, -0.2) is 0 Å². The number of rotatable bonds is 5. The van der Waals surface area contributed by atoms with Crippen LogP contribution in [0.15, 0.2) is 24.3 Å². The van der Waals surface area contributed by atoms with Crippen molar-refractivity contribution in [2.24, 2.45) is 0 Å². The molecule has 0 radical (unpaired) electrons. The molecule has 1 N–H and O–H groups in total. The average Bonchev–Trinajstić information content (AvgIpc) is 2.49. The molecule has 0 aromatic heterocycles. The van der Waals surface area contributed by atoms with Gasteiger partial charge in [-0.3, -0.25) is 4.90 Å². The van der Waals surface area contributed by atoms with E-state index in [2.05, 4.69) is 24.8 Å². The van der Waals surface area contributed by atoms with Crippen molar-refractivity contribution >= 4 is 0 Å². The van der Waals surface area contributed by atoms with E-state index in [0.29, 0.717) is 29.9 Å². The molecule has 0 bridgehead atoms. The Morgan fingerprint density at radius 3 is 2.76 bits per heavy atom. The molecule has 1 heterocycles. The number of ether oxygens (including phenoxy) is 1. The molecule has 1 aromatic rings. The second-order valence-corrected chi connectivity index (χ2v) is 5.93. The quantitative estimate of drug-likeness (QED) is 0.904. The van der Waals surface area contributed by atoms with Crippen molar-refractivity contribution in [2.75, 3.05) is 13.2 Å². The van der Waals surface area contributed by atoms with E-state index in [9.17, 15) is 5.11 Å². The summed E-state index contributed by atoms with van der Waals surface area (Å²) in [5.74, 6) is 0.632. The van der Waals surface area contributed by atoms with Gasteiger partial charge in [-0.1, -0.05) is 12.5 Å². The second kappa shape index (κ2) is 7.44. The number of nitriles is 1. The minimum Gasteiger partial charge on any atom is -0.491 e. The molecule has 4 nitrogen and oxygen atoms in total. The third-order valence-corrected chi connectivity index (χ3v) is 4.20. The third kappa shape index (κ3) is 4.45. The molecule has 1 aliphatic heterocycles. The van der Waals surface area contributed by atoms with E-state index in [1.807, 2.05) is 0 Å². The Morgan fingerprint density at radius 2 is 2.10 bits per heavy atom. The maximum absolute atomic E-state index is 10.2. The smallest absolute Gasteiger partial charge is 0.120 e. The minimum absolute atomic E-state index is 0.255. The molecule has 3 atom stereocenters. The maximum atomic E-state index is 10.2. The van der Waals surface area contributed by atoms with Crippen LogP contribution in [0.2, 0.25) is 0 Å². The van der Waals surface area contributed by atoms with Gasteiger partial charge in [0.15, 0.2) is 0 Å². The monoisotopic (exact) mass is 288 g/mol. The Kier molecular flexibility index (Phi) is 5.60. The highest BCUT2D eigenvalue weighted by Crippen LogP contribution is 2.22. The Bertz CT molecular complexity index is 488. The molecular weight excluding hydrogens is 264 g/mol. The third-order valence-electron chi connectivity index (χ3n) is 4.20. The predicted octanol–water partition coefficient (Wildman–Crippen LogP) is 2.56. The first-order valence-corrected chi connectivity index (χ1v) is 7.67. The van der Waals surface area contributed by atoms with Crippen LogP contribution in [-0.2, 0) is 0 Å². The minimum atomic E-state index is -0.515. The van der Waals surface area contributed by atoms with E-state index >= 15 is 0 Å². The van der Waals surface area contributed by atoms with Crippen LogP contribution in [0.5, 0.6) is 5.75 Å². The van der Waals surface area contributed by atoms with Crippen molar-refractivity contribution in [3.63, 3.8) is 0 Å². The van der Waals surface area contributed by atoms with Gasteiger partial charge < -0.3 is 9.84 Å². The van der Waals surface area contributed by atoms with Gasteiger partial charge >= 0.3 is 0 Å². The molecule has 1 saturated heterocycles. The fourth-order valence-electron chi connectivity index (χ4n) is 2.98. The molecular formula is C17H24N2O2. The molecule has 3 unspecified atom stereocenters. The van der Waals surface area contributed by atoms with Gasteiger partial charge in [-0.15, -0.1) is 0 Å². The van der Waals surface area contributed by atoms with E-state index in [0.717, 1.165) is 0 Å². The molecule has 2 rings (SSSR count). The van der Waals surface area contributed by atoms with E-state index in [-0.39, 0.29) is 6.61 Å². The zero-order chi connectivity index (χ0) is 15.2. The van der Waals surface area contributed by atoms with Gasteiger partial charge in [0.1, 0.15) is 18.5 Å². The summed E-state index contributed by atoms with van der Waals surface area (Å²) >= 11 is 0. The highest BCUT2D eigenvalue weighted by atomic mass is 16.5. The molecule has 0 spiro atoms. The average molecular weight is 288 g/mol. The lowest BCUT2D eigenvalue weighted by Crippen LogP contribution is -2.48. The van der Waals surface area contributed by atoms with Crippen molar-refractivity contribution in [3.8, 4) is 11.8 Å². The van der Waals surface area contributed by atoms with E-state index < -0.39 is 6.10 Å². The molecule has 114 valence electrons. The summed E-state index contributed by atoms with van der Waals surface area (Å²) in [7, 11) is 0. The zero-order valence-corrected chi connectivity index (χ0v) is 12.8. The summed E-state index contributed by atoms with van der Waals surface area (Å²) < 4.78 is 5.59. The number of likely N-dealkylation sites (tertiary alicyclic amines) is 1. The molecule has 4 heteroatoms. The van der Waals surface area contributed by atoms with Crippen LogP contribution in [0.25, 0.3) is 0 Å². The zero-order valence-electron chi connectivity index (χ0n) is 12.8. The number of β-amino-alcohol motifs (C(OH)–C–C–N with tert-alkyl or cyclic N) is 1. The molecule has 1 aliphatic rings. The second-order valence-electron chi connectivity index (χ2n) is 5.93. The van der Waals surface area contributed by atoms with Gasteiger partial charge in [0.05, 0.1) is 11.6 Å². The van der Waals surface area contributed by atoms with Crippen LogP contribution in [0.1, 0.15) is 38.7 Å². The van der Waals surface area contributed by atoms with Crippen LogP contribution in [0, 0.1) is 11.3 Å². The van der Waals surface area contributed by atoms with Crippen LogP contribution in [0.3, 0.4) is 0 Å². The fourth-order valence-corrected chi connectivity index (χ4v) is 2.98. The Labute approximate surface area is 127 Å². The number of hydrogen-bond donors (Lipinski definition) is 1. The van der Waals surface area contributed by atoms with Crippen LogP contribution in [-0.4, -0.2) is 41.3 Å². The summed E-state index contributed by atoms with van der Waals surface area (Å²) in [5.41, 5.74) is 0.570. The summed E-state index contributed by atoms with van der Waals surface area (Å²) in [6.07, 6.45) is 3.15. The predicted molar refractivity (Wildman–Crippen MR) is 82.1 cm³/mol. The number of piperidine rings is 1. The van der Waals surface area contributed by atoms with Crippen molar-refractivity contribution in [2.45, 2.75) is 51.3 Å². The van der Waals surface area contributed by atoms with Crippen molar-refractivity contribution in [3.05, 3.63) is 29.8 Å². The van der Waals surface area contributed by atoms with Gasteiger partial charge in [0.25, 0.3) is 0 Å². The highest BCUT2D eigenvalue weighted by Gasteiger charge is 2.26. The number of aliphatic hydroxyl groups excluding tert-OH is 1. The number of aliphatic hydroxyl groups is 1. The fraction of sp³-hybridized carbons (Fsp3) is 0.588. The van der Waals surface area contributed by atoms with E-state index in [1.165, 1.54) is 19.3 Å². The molecule has 21 heavy (non-hydrogen) atoms. The molecule has 0 saturated carbocycles. The van der Waals surface area contributed by atoms with Gasteiger partial charge in [0.2, 0.25) is 0 Å². The van der Waals surface area contributed by atoms with Gasteiger partial charge in [-0.2, -0.15) is 5.26 Å². The van der Waals surface area contributed by atoms with Crippen LogP contribution >= 0.6 is 0 Å². The first-order chi connectivity index (χ1) is 10.1. The van der Waals surface area contributed by atoms with Crippen molar-refractivity contribution < 1.29 is 9.84 Å². The lowest BCUT2D eigenvalue weighted by atomic mass is 9.97. The number of benzene rings is 1. The summed E-state index contributed by atoms with van der Waals surface area (Å²) in [4.78, 5) is 2.36. The Balaban J connectivity index is 1.84. The Hall–Kier alpha value is -1.57. The summed E-state index contributed by atoms with van der Waals surface area (Å²) in [6.45, 7) is 5.34. The molecule has 0 amide bonds. The van der Waals surface area contributed by atoms with E-state index in [4.69, 9.17) is 10.00 Å². The molecule has 1 aromatic carbocycles. The summed E-state index contributed by atoms with van der Waals surface area (Å²) in [5, 5.41) is 19.0. The van der Waals surface area contributed by atoms with E-state index in [1.54, 1.807) is 24.3 Å². The lowest BCUT2D eigenvalue weighted by molar-refractivity contribution is 0.0209. The molecule has 0 aliphatic carbocycles. The normalized spacial score (nSPS) is 24.3. The number of nitrogens with zero attached hydrogens (tertiary/aromatic N) is 2. The van der Waals surface area contributed by atoms with Crippen molar-refractivity contribution in [1.82, 2.24) is 4.90 Å². The topological polar surface area (TPSA) is 56.5 Å². The lowest BCUT2D eigenvalue weighted by Gasteiger charge is -2.40. The Morgan fingerprint density at radius 1 is 1.38 bits per heavy atom.